The highest BCUT2D eigenvalue weighted by Crippen LogP contribution is 2.27. The highest BCUT2D eigenvalue weighted by molar-refractivity contribution is 5.30. The van der Waals surface area contributed by atoms with Crippen molar-refractivity contribution >= 4 is 0 Å². The fourth-order valence-electron chi connectivity index (χ4n) is 2.11. The van der Waals surface area contributed by atoms with E-state index >= 15 is 0 Å². The van der Waals surface area contributed by atoms with Crippen LogP contribution in [0, 0.1) is 0 Å². The fourth-order valence-corrected chi connectivity index (χ4v) is 2.11. The lowest BCUT2D eigenvalue weighted by Crippen LogP contribution is -2.11. The number of rotatable bonds is 1. The van der Waals surface area contributed by atoms with Crippen LogP contribution in [0.1, 0.15) is 44.2 Å². The molecule has 0 bridgehead atoms. The predicted octanol–water partition coefficient (Wildman–Crippen LogP) is 3.08. The minimum atomic E-state index is 0.262. The van der Waals surface area contributed by atoms with Gasteiger partial charge in [0.2, 0.25) is 0 Å². The molecule has 1 aliphatic heterocycles. The number of hydrogen-bond acceptors (Lipinski definition) is 0. The van der Waals surface area contributed by atoms with Crippen molar-refractivity contribution in [2.45, 2.75) is 38.5 Å². The second-order valence-electron chi connectivity index (χ2n) is 5.49. The summed E-state index contributed by atoms with van der Waals surface area (Å²) in [5, 5.41) is 4.41. The van der Waals surface area contributed by atoms with Gasteiger partial charge >= 0.3 is 0 Å². The van der Waals surface area contributed by atoms with E-state index in [1.165, 1.54) is 17.5 Å². The first-order valence-electron chi connectivity index (χ1n) is 5.81. The van der Waals surface area contributed by atoms with E-state index in [0.29, 0.717) is 5.92 Å². The molecule has 2 rings (SSSR count). The first-order chi connectivity index (χ1) is 7.07. The maximum Gasteiger partial charge on any atom is 0.0202 e. The van der Waals surface area contributed by atoms with E-state index in [9.17, 15) is 0 Å². The van der Waals surface area contributed by atoms with E-state index in [0.717, 1.165) is 13.1 Å². The predicted molar refractivity (Wildman–Crippen MR) is 64.4 cm³/mol. The third-order valence-electron chi connectivity index (χ3n) is 3.23. The number of benzene rings is 1. The number of hydrogen-bond donors (Lipinski definition) is 0. The molecule has 1 heteroatoms. The molecule has 0 spiro atoms. The summed E-state index contributed by atoms with van der Waals surface area (Å²) in [6.45, 7) is 8.84. The Labute approximate surface area is 92.9 Å². The topological polar surface area (TPSA) is 14.1 Å². The summed E-state index contributed by atoms with van der Waals surface area (Å²) in [6.07, 6.45) is 1.23. The SMILES string of the molecule is CC(C)(C)c1ccc(C2CC[N]C2)cc1. The summed E-state index contributed by atoms with van der Waals surface area (Å²) >= 11 is 0. The van der Waals surface area contributed by atoms with Crippen LogP contribution < -0.4 is 5.32 Å². The lowest BCUT2D eigenvalue weighted by molar-refractivity contribution is 0.589. The lowest BCUT2D eigenvalue weighted by Gasteiger charge is -2.20. The van der Waals surface area contributed by atoms with Crippen LogP contribution in [-0.2, 0) is 5.41 Å². The zero-order valence-electron chi connectivity index (χ0n) is 9.96. The molecule has 1 radical (unpaired) electrons. The van der Waals surface area contributed by atoms with Crippen molar-refractivity contribution in [2.75, 3.05) is 13.1 Å². The normalized spacial score (nSPS) is 21.9. The Balaban J connectivity index is 2.16. The summed E-state index contributed by atoms with van der Waals surface area (Å²) in [5.74, 6) is 0.680. The van der Waals surface area contributed by atoms with Crippen molar-refractivity contribution in [1.29, 1.82) is 0 Å². The third kappa shape index (κ3) is 2.40. The van der Waals surface area contributed by atoms with Gasteiger partial charge in [-0.05, 0) is 28.9 Å². The van der Waals surface area contributed by atoms with Gasteiger partial charge in [0.05, 0.1) is 0 Å². The van der Waals surface area contributed by atoms with E-state index in [1.807, 2.05) is 0 Å². The van der Waals surface area contributed by atoms with Gasteiger partial charge in [-0.1, -0.05) is 45.0 Å². The van der Waals surface area contributed by atoms with Gasteiger partial charge in [0.15, 0.2) is 0 Å². The quantitative estimate of drug-likeness (QED) is 0.664. The van der Waals surface area contributed by atoms with E-state index in [1.54, 1.807) is 0 Å². The molecule has 1 aliphatic rings. The molecule has 1 aromatic carbocycles. The summed E-state index contributed by atoms with van der Waals surface area (Å²) in [6, 6.07) is 9.11. The lowest BCUT2D eigenvalue weighted by atomic mass is 9.85. The van der Waals surface area contributed by atoms with Gasteiger partial charge in [-0.25, -0.2) is 5.32 Å². The minimum absolute atomic E-state index is 0.262. The Morgan fingerprint density at radius 1 is 1.13 bits per heavy atom. The molecule has 1 aromatic rings. The summed E-state index contributed by atoms with van der Waals surface area (Å²) in [7, 11) is 0. The van der Waals surface area contributed by atoms with E-state index in [2.05, 4.69) is 50.4 Å². The molecule has 0 aliphatic carbocycles. The standard InChI is InChI=1S/C14H20N/c1-14(2,3)13-6-4-11(5-7-13)12-8-9-15-10-12/h4-7,12H,8-10H2,1-3H3. The Kier molecular flexibility index (Phi) is 2.83. The Hall–Kier alpha value is -0.820. The van der Waals surface area contributed by atoms with Gasteiger partial charge in [0.1, 0.15) is 0 Å². The van der Waals surface area contributed by atoms with Gasteiger partial charge in [-0.15, -0.1) is 0 Å². The molecule has 0 saturated carbocycles. The summed E-state index contributed by atoms with van der Waals surface area (Å²) in [5.41, 5.74) is 3.14. The third-order valence-corrected chi connectivity index (χ3v) is 3.23. The van der Waals surface area contributed by atoms with Crippen molar-refractivity contribution in [3.05, 3.63) is 35.4 Å². The van der Waals surface area contributed by atoms with Gasteiger partial charge in [0, 0.05) is 13.1 Å². The highest BCUT2D eigenvalue weighted by Gasteiger charge is 2.18. The largest absolute Gasteiger partial charge is 0.241 e. The van der Waals surface area contributed by atoms with Gasteiger partial charge in [0.25, 0.3) is 0 Å². The zero-order chi connectivity index (χ0) is 10.9. The van der Waals surface area contributed by atoms with Gasteiger partial charge in [-0.2, -0.15) is 0 Å². The van der Waals surface area contributed by atoms with E-state index < -0.39 is 0 Å². The van der Waals surface area contributed by atoms with Crippen LogP contribution in [0.3, 0.4) is 0 Å². The van der Waals surface area contributed by atoms with Crippen LogP contribution in [-0.4, -0.2) is 13.1 Å². The minimum Gasteiger partial charge on any atom is -0.241 e. The smallest absolute Gasteiger partial charge is 0.0202 e. The van der Waals surface area contributed by atoms with Crippen LogP contribution in [0.15, 0.2) is 24.3 Å². The molecule has 1 nitrogen and oxygen atoms in total. The maximum atomic E-state index is 4.41. The molecule has 81 valence electrons. The van der Waals surface area contributed by atoms with Crippen molar-refractivity contribution in [2.24, 2.45) is 0 Å². The van der Waals surface area contributed by atoms with Gasteiger partial charge in [-0.3, -0.25) is 0 Å². The number of nitrogens with zero attached hydrogens (tertiary/aromatic N) is 1. The Bertz CT molecular complexity index is 312. The Morgan fingerprint density at radius 2 is 1.80 bits per heavy atom. The van der Waals surface area contributed by atoms with E-state index in [4.69, 9.17) is 0 Å². The maximum absolute atomic E-state index is 4.41. The van der Waals surface area contributed by atoms with Gasteiger partial charge < -0.3 is 0 Å². The molecule has 0 aromatic heterocycles. The Morgan fingerprint density at radius 3 is 2.27 bits per heavy atom. The average Bonchev–Trinajstić information content (AvgIpc) is 2.69. The molecule has 0 N–H and O–H groups in total. The monoisotopic (exact) mass is 202 g/mol. The molecular weight excluding hydrogens is 182 g/mol. The average molecular weight is 202 g/mol. The molecule has 1 fully saturated rings. The van der Waals surface area contributed by atoms with Crippen LogP contribution in [0.4, 0.5) is 0 Å². The second kappa shape index (κ2) is 3.97. The van der Waals surface area contributed by atoms with Crippen LogP contribution in [0.2, 0.25) is 0 Å². The first kappa shape index (κ1) is 10.7. The van der Waals surface area contributed by atoms with Crippen LogP contribution in [0.25, 0.3) is 0 Å². The van der Waals surface area contributed by atoms with Crippen molar-refractivity contribution in [3.63, 3.8) is 0 Å². The summed E-state index contributed by atoms with van der Waals surface area (Å²) in [4.78, 5) is 0. The molecule has 1 atom stereocenters. The fraction of sp³-hybridized carbons (Fsp3) is 0.571. The molecule has 1 saturated heterocycles. The molecule has 1 heterocycles. The van der Waals surface area contributed by atoms with E-state index in [-0.39, 0.29) is 5.41 Å². The van der Waals surface area contributed by atoms with Crippen LogP contribution in [0.5, 0.6) is 0 Å². The zero-order valence-corrected chi connectivity index (χ0v) is 9.96. The first-order valence-corrected chi connectivity index (χ1v) is 5.81. The molecular formula is C14H20N. The molecule has 1 unspecified atom stereocenters. The summed E-state index contributed by atoms with van der Waals surface area (Å²) < 4.78 is 0. The van der Waals surface area contributed by atoms with Crippen molar-refractivity contribution in [1.82, 2.24) is 5.32 Å². The van der Waals surface area contributed by atoms with Crippen LogP contribution >= 0.6 is 0 Å². The second-order valence-corrected chi connectivity index (χ2v) is 5.49. The highest BCUT2D eigenvalue weighted by atomic mass is 14.9. The van der Waals surface area contributed by atoms with Crippen molar-refractivity contribution < 1.29 is 0 Å². The van der Waals surface area contributed by atoms with Crippen molar-refractivity contribution in [3.8, 4) is 0 Å². The molecule has 15 heavy (non-hydrogen) atoms. The molecule has 0 amide bonds.